The third kappa shape index (κ3) is 5.98. The Balaban J connectivity index is 1.48. The predicted octanol–water partition coefficient (Wildman–Crippen LogP) is 7.10. The van der Waals surface area contributed by atoms with Crippen molar-refractivity contribution in [1.29, 1.82) is 10.5 Å². The topological polar surface area (TPSA) is 128 Å². The third-order valence-electron chi connectivity index (χ3n) is 5.75. The van der Waals surface area contributed by atoms with Crippen LogP contribution in [-0.4, -0.2) is 21.6 Å². The van der Waals surface area contributed by atoms with E-state index in [2.05, 4.69) is 41.3 Å². The number of aromatic nitrogens is 2. The number of nitrogens with two attached hydrogens (primary N) is 1. The minimum atomic E-state index is -0.220. The Morgan fingerprint density at radius 2 is 1.82 bits per heavy atom. The Morgan fingerprint density at radius 1 is 1.11 bits per heavy atom. The molecule has 0 saturated carbocycles. The monoisotopic (exact) mass is 558 g/mol. The molecule has 0 aliphatic rings. The van der Waals surface area contributed by atoms with Crippen LogP contribution in [0.1, 0.15) is 42.9 Å². The molecule has 0 bridgehead atoms. The molecule has 0 unspecified atom stereocenters. The number of carbonyl (C=O) groups is 1. The fraction of sp³-hybridized carbons (Fsp3) is 0.179. The van der Waals surface area contributed by atoms with Crippen LogP contribution in [0, 0.1) is 22.7 Å². The number of nitrogens with zero attached hydrogens (tertiary/aromatic N) is 4. The molecule has 38 heavy (non-hydrogen) atoms. The lowest BCUT2D eigenvalue weighted by Gasteiger charge is -2.14. The van der Waals surface area contributed by atoms with Gasteiger partial charge < -0.3 is 11.1 Å². The van der Waals surface area contributed by atoms with E-state index >= 15 is 0 Å². The number of nitrogens with one attached hydrogen (secondary N) is 1. The number of thiazole rings is 1. The van der Waals surface area contributed by atoms with Crippen LogP contribution in [0.2, 0.25) is 5.02 Å². The highest BCUT2D eigenvalue weighted by Crippen LogP contribution is 2.36. The Labute approximate surface area is 234 Å². The molecule has 1 amide bonds. The third-order valence-corrected chi connectivity index (χ3v) is 7.81. The van der Waals surface area contributed by atoms with Gasteiger partial charge in [0.2, 0.25) is 5.91 Å². The largest absolute Gasteiger partial charge is 0.383 e. The van der Waals surface area contributed by atoms with Crippen molar-refractivity contribution < 1.29 is 4.79 Å². The van der Waals surface area contributed by atoms with Crippen LogP contribution in [0.15, 0.2) is 58.9 Å². The number of rotatable bonds is 8. The van der Waals surface area contributed by atoms with Crippen LogP contribution in [0.3, 0.4) is 0 Å². The first-order valence-corrected chi connectivity index (χ1v) is 13.9. The predicted molar refractivity (Wildman–Crippen MR) is 154 cm³/mol. The zero-order valence-electron chi connectivity index (χ0n) is 20.7. The van der Waals surface area contributed by atoms with Gasteiger partial charge in [0.15, 0.2) is 5.13 Å². The average molecular weight is 559 g/mol. The van der Waals surface area contributed by atoms with E-state index in [9.17, 15) is 15.3 Å². The molecule has 0 fully saturated rings. The molecule has 4 aromatic rings. The molecule has 2 heterocycles. The molecule has 0 saturated heterocycles. The van der Waals surface area contributed by atoms with Crippen molar-refractivity contribution in [2.45, 2.75) is 31.2 Å². The molecule has 0 atom stereocenters. The molecule has 190 valence electrons. The molecule has 2 aromatic heterocycles. The quantitative estimate of drug-likeness (QED) is 0.221. The van der Waals surface area contributed by atoms with Crippen molar-refractivity contribution in [3.63, 3.8) is 0 Å². The van der Waals surface area contributed by atoms with Gasteiger partial charge in [0.1, 0.15) is 28.5 Å². The molecule has 3 N–H and O–H groups in total. The van der Waals surface area contributed by atoms with Gasteiger partial charge in [0.05, 0.1) is 11.3 Å². The maximum Gasteiger partial charge on any atom is 0.226 e. The Hall–Kier alpha value is -3.89. The highest BCUT2D eigenvalue weighted by molar-refractivity contribution is 7.99. The molecule has 0 spiro atoms. The molecular formula is C28H23ClN6OS2. The van der Waals surface area contributed by atoms with Gasteiger partial charge in [-0.05, 0) is 23.1 Å². The lowest BCUT2D eigenvalue weighted by molar-refractivity contribution is -0.115. The first-order valence-electron chi connectivity index (χ1n) is 11.7. The van der Waals surface area contributed by atoms with E-state index in [4.69, 9.17) is 17.3 Å². The maximum atomic E-state index is 12.6. The van der Waals surface area contributed by atoms with Crippen molar-refractivity contribution in [1.82, 2.24) is 9.97 Å². The van der Waals surface area contributed by atoms with Gasteiger partial charge in [-0.1, -0.05) is 67.9 Å². The summed E-state index contributed by atoms with van der Waals surface area (Å²) in [5.74, 6) is 0.535. The molecular weight excluding hydrogens is 536 g/mol. The molecule has 2 aromatic carbocycles. The Bertz CT molecular complexity index is 1570. The van der Waals surface area contributed by atoms with E-state index in [-0.39, 0.29) is 29.3 Å². The minimum absolute atomic E-state index is 0.0521. The summed E-state index contributed by atoms with van der Waals surface area (Å²) in [6.45, 7) is 4.19. The number of thioether (sulfide) groups is 1. The number of anilines is 2. The second-order valence-electron chi connectivity index (χ2n) is 8.59. The Kier molecular flexibility index (Phi) is 8.65. The summed E-state index contributed by atoms with van der Waals surface area (Å²) in [7, 11) is 0. The van der Waals surface area contributed by atoms with Crippen molar-refractivity contribution in [3.05, 3.63) is 75.6 Å². The lowest BCUT2D eigenvalue weighted by atomic mass is 9.94. The SMILES string of the molecule is CC(C)c1ccc(-c2c(C#N)c(N)nc(SCCC(=O)Nc3nc(-c4ccccc4Cl)cs3)c2C#N)cc1. The number of nitrogen functional groups attached to an aromatic ring is 1. The summed E-state index contributed by atoms with van der Waals surface area (Å²) in [5.41, 5.74) is 10.4. The smallest absolute Gasteiger partial charge is 0.226 e. The van der Waals surface area contributed by atoms with E-state index in [1.165, 1.54) is 23.1 Å². The van der Waals surface area contributed by atoms with Gasteiger partial charge in [-0.25, -0.2) is 9.97 Å². The number of halogens is 1. The van der Waals surface area contributed by atoms with Crippen molar-refractivity contribution in [2.75, 3.05) is 16.8 Å². The lowest BCUT2D eigenvalue weighted by Crippen LogP contribution is -2.12. The number of carbonyl (C=O) groups excluding carboxylic acids is 1. The molecule has 0 radical (unpaired) electrons. The summed E-state index contributed by atoms with van der Waals surface area (Å²) >= 11 is 8.80. The fourth-order valence-electron chi connectivity index (χ4n) is 3.77. The van der Waals surface area contributed by atoms with E-state index in [1.807, 2.05) is 47.8 Å². The summed E-state index contributed by atoms with van der Waals surface area (Å²) in [5, 5.41) is 25.8. The van der Waals surface area contributed by atoms with Crippen molar-refractivity contribution >= 4 is 51.6 Å². The van der Waals surface area contributed by atoms with Crippen LogP contribution < -0.4 is 11.1 Å². The van der Waals surface area contributed by atoms with Crippen LogP contribution in [0.25, 0.3) is 22.4 Å². The molecule has 0 aliphatic heterocycles. The van der Waals surface area contributed by atoms with Crippen molar-refractivity contribution in [3.8, 4) is 34.5 Å². The van der Waals surface area contributed by atoms with Crippen LogP contribution in [0.4, 0.5) is 10.9 Å². The molecule has 0 aliphatic carbocycles. The molecule has 4 rings (SSSR count). The Morgan fingerprint density at radius 3 is 2.47 bits per heavy atom. The summed E-state index contributed by atoms with van der Waals surface area (Å²) in [6, 6.07) is 19.4. The van der Waals surface area contributed by atoms with E-state index in [0.29, 0.717) is 43.7 Å². The maximum absolute atomic E-state index is 12.6. The van der Waals surface area contributed by atoms with Gasteiger partial charge in [-0.2, -0.15) is 10.5 Å². The van der Waals surface area contributed by atoms with E-state index < -0.39 is 0 Å². The fourth-order valence-corrected chi connectivity index (χ4v) is 5.67. The zero-order chi connectivity index (χ0) is 27.2. The van der Waals surface area contributed by atoms with Gasteiger partial charge in [-0.15, -0.1) is 23.1 Å². The van der Waals surface area contributed by atoms with Gasteiger partial charge in [0, 0.05) is 33.7 Å². The van der Waals surface area contributed by atoms with Gasteiger partial charge in [-0.3, -0.25) is 4.79 Å². The minimum Gasteiger partial charge on any atom is -0.383 e. The standard InChI is InChI=1S/C28H23ClN6OS2/c1-16(2)17-7-9-18(10-8-17)25-20(13-30)26(32)35-27(21(25)14-31)37-12-11-24(36)34-28-33-23(15-38-28)19-5-3-4-6-22(19)29/h3-10,15-16H,11-12H2,1-2H3,(H2,32,35)(H,33,34,36). The van der Waals surface area contributed by atoms with Crippen LogP contribution >= 0.6 is 34.7 Å². The van der Waals surface area contributed by atoms with E-state index in [0.717, 1.165) is 11.1 Å². The number of benzene rings is 2. The average Bonchev–Trinajstić information content (AvgIpc) is 3.36. The number of amides is 1. The highest BCUT2D eigenvalue weighted by Gasteiger charge is 2.21. The number of hydrogen-bond acceptors (Lipinski definition) is 8. The zero-order valence-corrected chi connectivity index (χ0v) is 23.0. The molecule has 7 nitrogen and oxygen atoms in total. The first kappa shape index (κ1) is 27.2. The number of pyridine rings is 1. The first-order chi connectivity index (χ1) is 18.3. The normalized spacial score (nSPS) is 10.7. The van der Waals surface area contributed by atoms with Crippen LogP contribution in [-0.2, 0) is 4.79 Å². The summed E-state index contributed by atoms with van der Waals surface area (Å²) in [6.07, 6.45) is 0.163. The van der Waals surface area contributed by atoms with Gasteiger partial charge in [0.25, 0.3) is 0 Å². The second-order valence-corrected chi connectivity index (χ2v) is 10.9. The number of hydrogen-bond donors (Lipinski definition) is 2. The molecule has 10 heteroatoms. The number of nitriles is 2. The highest BCUT2D eigenvalue weighted by atomic mass is 35.5. The summed E-state index contributed by atoms with van der Waals surface area (Å²) < 4.78 is 0. The van der Waals surface area contributed by atoms with E-state index in [1.54, 1.807) is 6.07 Å². The van der Waals surface area contributed by atoms with Crippen LogP contribution in [0.5, 0.6) is 0 Å². The van der Waals surface area contributed by atoms with Gasteiger partial charge >= 0.3 is 0 Å². The second kappa shape index (κ2) is 12.1. The summed E-state index contributed by atoms with van der Waals surface area (Å²) in [4.78, 5) is 21.3. The van der Waals surface area contributed by atoms with Crippen molar-refractivity contribution in [2.24, 2.45) is 0 Å².